The second-order valence-corrected chi connectivity index (χ2v) is 4.72. The number of benzene rings is 1. The Kier molecular flexibility index (Phi) is 3.62. The van der Waals surface area contributed by atoms with Gasteiger partial charge in [0.1, 0.15) is 5.82 Å². The van der Waals surface area contributed by atoms with Gasteiger partial charge in [-0.2, -0.15) is 5.10 Å². The van der Waals surface area contributed by atoms with E-state index in [1.165, 1.54) is 29.7 Å². The molecule has 0 bridgehead atoms. The molecular formula is C14H18ClN3. The van der Waals surface area contributed by atoms with E-state index in [0.717, 1.165) is 24.3 Å². The maximum absolute atomic E-state index is 6.23. The van der Waals surface area contributed by atoms with Gasteiger partial charge in [0.2, 0.25) is 0 Å². The number of nitrogen functional groups attached to an aromatic ring is 1. The lowest BCUT2D eigenvalue weighted by Gasteiger charge is -2.09. The van der Waals surface area contributed by atoms with Crippen LogP contribution in [0, 0.1) is 6.92 Å². The van der Waals surface area contributed by atoms with E-state index in [9.17, 15) is 0 Å². The van der Waals surface area contributed by atoms with Gasteiger partial charge in [-0.05, 0) is 44.2 Å². The minimum Gasteiger partial charge on any atom is -0.383 e. The number of anilines is 1. The van der Waals surface area contributed by atoms with Crippen LogP contribution in [0.2, 0.25) is 0 Å². The molecule has 1 aliphatic rings. The number of nitrogens with zero attached hydrogens (tertiary/aromatic N) is 2. The van der Waals surface area contributed by atoms with Crippen molar-refractivity contribution in [2.24, 2.45) is 0 Å². The molecule has 1 heterocycles. The molecule has 0 atom stereocenters. The molecule has 4 heteroatoms. The molecule has 0 unspecified atom stereocenters. The molecule has 2 N–H and O–H groups in total. The Morgan fingerprint density at radius 2 is 1.89 bits per heavy atom. The molecule has 0 saturated carbocycles. The van der Waals surface area contributed by atoms with Gasteiger partial charge in [-0.25, -0.2) is 4.68 Å². The first kappa shape index (κ1) is 13.0. The first-order chi connectivity index (χ1) is 8.27. The zero-order valence-electron chi connectivity index (χ0n) is 10.5. The van der Waals surface area contributed by atoms with Gasteiger partial charge in [-0.15, -0.1) is 12.4 Å². The molecule has 0 spiro atoms. The number of fused-ring (bicyclic) bond motifs is 1. The first-order valence-corrected chi connectivity index (χ1v) is 6.19. The number of rotatable bonds is 1. The molecule has 0 saturated heterocycles. The zero-order chi connectivity index (χ0) is 11.8. The molecule has 18 heavy (non-hydrogen) atoms. The summed E-state index contributed by atoms with van der Waals surface area (Å²) in [5.41, 5.74) is 11.0. The van der Waals surface area contributed by atoms with Crippen molar-refractivity contribution in [3.05, 3.63) is 41.1 Å². The number of hydrogen-bond donors (Lipinski definition) is 1. The van der Waals surface area contributed by atoms with E-state index in [2.05, 4.69) is 24.2 Å². The van der Waals surface area contributed by atoms with Crippen molar-refractivity contribution < 1.29 is 0 Å². The molecule has 3 rings (SSSR count). The van der Waals surface area contributed by atoms with E-state index in [1.54, 1.807) is 0 Å². The van der Waals surface area contributed by atoms with Gasteiger partial charge in [-0.1, -0.05) is 18.2 Å². The molecule has 0 fully saturated rings. The minimum absolute atomic E-state index is 0. The maximum Gasteiger partial charge on any atom is 0.130 e. The van der Waals surface area contributed by atoms with Crippen LogP contribution in [0.1, 0.15) is 29.7 Å². The number of para-hydroxylation sites is 1. The van der Waals surface area contributed by atoms with Crippen molar-refractivity contribution >= 4 is 18.2 Å². The largest absolute Gasteiger partial charge is 0.383 e. The summed E-state index contributed by atoms with van der Waals surface area (Å²) >= 11 is 0. The molecule has 0 radical (unpaired) electrons. The summed E-state index contributed by atoms with van der Waals surface area (Å²) in [5.74, 6) is 0.828. The van der Waals surface area contributed by atoms with Crippen LogP contribution in [0.3, 0.4) is 0 Å². The number of hydrogen-bond acceptors (Lipinski definition) is 2. The molecule has 0 aliphatic heterocycles. The molecule has 1 aliphatic carbocycles. The molecular weight excluding hydrogens is 246 g/mol. The fourth-order valence-corrected chi connectivity index (χ4v) is 2.56. The normalized spacial score (nSPS) is 13.8. The summed E-state index contributed by atoms with van der Waals surface area (Å²) in [5, 5.41) is 4.67. The Balaban J connectivity index is 0.00000120. The third-order valence-electron chi connectivity index (χ3n) is 3.54. The monoisotopic (exact) mass is 263 g/mol. The second-order valence-electron chi connectivity index (χ2n) is 4.72. The van der Waals surface area contributed by atoms with Gasteiger partial charge in [0.15, 0.2) is 0 Å². The summed E-state index contributed by atoms with van der Waals surface area (Å²) in [7, 11) is 0. The lowest BCUT2D eigenvalue weighted by Crippen LogP contribution is -2.04. The summed E-state index contributed by atoms with van der Waals surface area (Å²) in [6.07, 6.45) is 4.61. The summed E-state index contributed by atoms with van der Waals surface area (Å²) in [6, 6.07) is 8.24. The first-order valence-electron chi connectivity index (χ1n) is 6.19. The lowest BCUT2D eigenvalue weighted by molar-refractivity contribution is 0.671. The maximum atomic E-state index is 6.23. The van der Waals surface area contributed by atoms with E-state index in [1.807, 2.05) is 16.8 Å². The molecule has 1 aromatic heterocycles. The van der Waals surface area contributed by atoms with Crippen molar-refractivity contribution in [3.8, 4) is 5.69 Å². The minimum atomic E-state index is 0. The standard InChI is InChI=1S/C14H17N3.ClH/c1-10-6-2-5-9-13(10)17-14(15)11-7-3-4-8-12(11)16-17;/h2,5-6,9H,3-4,7-8,15H2,1H3;1H. The molecule has 1 aromatic carbocycles. The number of aryl methyl sites for hydroxylation is 2. The quantitative estimate of drug-likeness (QED) is 0.859. The van der Waals surface area contributed by atoms with E-state index in [4.69, 9.17) is 5.73 Å². The van der Waals surface area contributed by atoms with Crippen LogP contribution < -0.4 is 5.73 Å². The highest BCUT2D eigenvalue weighted by Crippen LogP contribution is 2.28. The van der Waals surface area contributed by atoms with Crippen LogP contribution in [0.15, 0.2) is 24.3 Å². The lowest BCUT2D eigenvalue weighted by atomic mass is 9.98. The Labute approximate surface area is 113 Å². The average molecular weight is 264 g/mol. The average Bonchev–Trinajstić information content (AvgIpc) is 2.68. The predicted octanol–water partition coefficient (Wildman–Crippen LogP) is 3.06. The van der Waals surface area contributed by atoms with Crippen LogP contribution in [0.25, 0.3) is 5.69 Å². The second kappa shape index (κ2) is 5.02. The Bertz CT molecular complexity index is 560. The van der Waals surface area contributed by atoms with Gasteiger partial charge in [0, 0.05) is 5.56 Å². The summed E-state index contributed by atoms with van der Waals surface area (Å²) < 4.78 is 1.91. The van der Waals surface area contributed by atoms with Crippen LogP contribution in [-0.4, -0.2) is 9.78 Å². The van der Waals surface area contributed by atoms with Crippen molar-refractivity contribution in [1.82, 2.24) is 9.78 Å². The van der Waals surface area contributed by atoms with Crippen molar-refractivity contribution in [3.63, 3.8) is 0 Å². The number of halogens is 1. The van der Waals surface area contributed by atoms with E-state index in [-0.39, 0.29) is 12.4 Å². The van der Waals surface area contributed by atoms with Gasteiger partial charge in [0.05, 0.1) is 11.4 Å². The number of aromatic nitrogens is 2. The zero-order valence-corrected chi connectivity index (χ0v) is 11.3. The predicted molar refractivity (Wildman–Crippen MR) is 76.6 cm³/mol. The highest BCUT2D eigenvalue weighted by atomic mass is 35.5. The molecule has 2 aromatic rings. The fourth-order valence-electron chi connectivity index (χ4n) is 2.56. The van der Waals surface area contributed by atoms with Crippen molar-refractivity contribution in [1.29, 1.82) is 0 Å². The van der Waals surface area contributed by atoms with Crippen molar-refractivity contribution in [2.75, 3.05) is 5.73 Å². The third kappa shape index (κ3) is 1.99. The fraction of sp³-hybridized carbons (Fsp3) is 0.357. The Morgan fingerprint density at radius 3 is 2.61 bits per heavy atom. The summed E-state index contributed by atoms with van der Waals surface area (Å²) in [4.78, 5) is 0. The van der Waals surface area contributed by atoms with E-state index < -0.39 is 0 Å². The Morgan fingerprint density at radius 1 is 1.17 bits per heavy atom. The third-order valence-corrected chi connectivity index (χ3v) is 3.54. The smallest absolute Gasteiger partial charge is 0.130 e. The highest BCUT2D eigenvalue weighted by Gasteiger charge is 2.19. The number of nitrogens with two attached hydrogens (primary N) is 1. The van der Waals surface area contributed by atoms with Gasteiger partial charge >= 0.3 is 0 Å². The van der Waals surface area contributed by atoms with Crippen LogP contribution in [0.4, 0.5) is 5.82 Å². The molecule has 0 amide bonds. The summed E-state index contributed by atoms with van der Waals surface area (Å²) in [6.45, 7) is 2.09. The molecule has 3 nitrogen and oxygen atoms in total. The van der Waals surface area contributed by atoms with Crippen LogP contribution >= 0.6 is 12.4 Å². The van der Waals surface area contributed by atoms with Crippen LogP contribution in [-0.2, 0) is 12.8 Å². The van der Waals surface area contributed by atoms with Gasteiger partial charge in [-0.3, -0.25) is 0 Å². The SMILES string of the molecule is Cc1ccccc1-n1nc2c(c1N)CCCC2.Cl. The van der Waals surface area contributed by atoms with Crippen LogP contribution in [0.5, 0.6) is 0 Å². The molecule has 96 valence electrons. The topological polar surface area (TPSA) is 43.8 Å². The Hall–Kier alpha value is -1.48. The van der Waals surface area contributed by atoms with E-state index >= 15 is 0 Å². The van der Waals surface area contributed by atoms with Gasteiger partial charge in [0.25, 0.3) is 0 Å². The van der Waals surface area contributed by atoms with Crippen molar-refractivity contribution in [2.45, 2.75) is 32.6 Å². The van der Waals surface area contributed by atoms with E-state index in [0.29, 0.717) is 0 Å². The van der Waals surface area contributed by atoms with Gasteiger partial charge < -0.3 is 5.73 Å². The highest BCUT2D eigenvalue weighted by molar-refractivity contribution is 5.85.